The van der Waals surface area contributed by atoms with Crippen molar-refractivity contribution in [2.24, 2.45) is 0 Å². The van der Waals surface area contributed by atoms with E-state index in [4.69, 9.17) is 9.84 Å². The van der Waals surface area contributed by atoms with E-state index >= 15 is 0 Å². The fraction of sp³-hybridized carbons (Fsp3) is 0.0714. The minimum atomic E-state index is -1.08. The fourth-order valence-electron chi connectivity index (χ4n) is 1.69. The number of carboxylic acids is 1. The molecule has 108 valence electrons. The van der Waals surface area contributed by atoms with Gasteiger partial charge in [0.1, 0.15) is 17.9 Å². The molecule has 0 atom stereocenters. The highest BCUT2D eigenvalue weighted by atomic mass is 79.9. The first kappa shape index (κ1) is 15.0. The lowest BCUT2D eigenvalue weighted by Gasteiger charge is -2.10. The van der Waals surface area contributed by atoms with Crippen LogP contribution in [0.15, 0.2) is 46.9 Å². The first-order chi connectivity index (χ1) is 9.99. The van der Waals surface area contributed by atoms with Crippen molar-refractivity contribution >= 4 is 27.6 Å². The van der Waals surface area contributed by atoms with Crippen molar-refractivity contribution in [3.8, 4) is 5.75 Å². The van der Waals surface area contributed by atoms with Crippen LogP contribution in [0, 0.1) is 10.1 Å². The van der Waals surface area contributed by atoms with Gasteiger partial charge in [0.2, 0.25) is 0 Å². The number of carbonyl (C=O) groups is 1. The van der Waals surface area contributed by atoms with Crippen LogP contribution < -0.4 is 4.74 Å². The number of ether oxygens (including phenoxy) is 1. The summed E-state index contributed by atoms with van der Waals surface area (Å²) in [6.07, 6.45) is 0. The second kappa shape index (κ2) is 6.36. The van der Waals surface area contributed by atoms with Crippen LogP contribution in [0.3, 0.4) is 0 Å². The lowest BCUT2D eigenvalue weighted by Crippen LogP contribution is -2.03. The van der Waals surface area contributed by atoms with Crippen molar-refractivity contribution in [2.75, 3.05) is 0 Å². The Balaban J connectivity index is 2.17. The number of nitro groups is 1. The zero-order valence-electron chi connectivity index (χ0n) is 10.7. The zero-order chi connectivity index (χ0) is 15.4. The van der Waals surface area contributed by atoms with Gasteiger partial charge in [-0.25, -0.2) is 4.79 Å². The summed E-state index contributed by atoms with van der Waals surface area (Å²) in [5.74, 6) is -0.830. The Morgan fingerprint density at radius 1 is 1.29 bits per heavy atom. The van der Waals surface area contributed by atoms with Crippen molar-refractivity contribution in [1.82, 2.24) is 0 Å². The van der Waals surface area contributed by atoms with Gasteiger partial charge in [-0.2, -0.15) is 0 Å². The van der Waals surface area contributed by atoms with Gasteiger partial charge in [-0.3, -0.25) is 10.1 Å². The van der Waals surface area contributed by atoms with E-state index in [2.05, 4.69) is 15.9 Å². The third kappa shape index (κ3) is 3.57. The molecular formula is C14H10BrNO5. The molecule has 0 bridgehead atoms. The molecule has 0 aliphatic heterocycles. The number of nitro benzene ring substituents is 1. The smallest absolute Gasteiger partial charge is 0.339 e. The van der Waals surface area contributed by atoms with Crippen LogP contribution in [0.4, 0.5) is 5.69 Å². The summed E-state index contributed by atoms with van der Waals surface area (Å²) in [7, 11) is 0. The van der Waals surface area contributed by atoms with Gasteiger partial charge in [-0.15, -0.1) is 0 Å². The Morgan fingerprint density at radius 3 is 2.62 bits per heavy atom. The van der Waals surface area contributed by atoms with Crippen LogP contribution >= 0.6 is 15.9 Å². The third-order valence-corrected chi connectivity index (χ3v) is 3.49. The molecule has 2 aromatic carbocycles. The first-order valence-electron chi connectivity index (χ1n) is 5.87. The van der Waals surface area contributed by atoms with E-state index in [1.54, 1.807) is 24.3 Å². The largest absolute Gasteiger partial charge is 0.488 e. The maximum atomic E-state index is 11.1. The predicted molar refractivity (Wildman–Crippen MR) is 78.5 cm³/mol. The van der Waals surface area contributed by atoms with E-state index in [9.17, 15) is 14.9 Å². The second-order valence-electron chi connectivity index (χ2n) is 4.12. The predicted octanol–water partition coefficient (Wildman–Crippen LogP) is 3.63. The Bertz CT molecular complexity index is 702. The molecule has 0 fully saturated rings. The van der Waals surface area contributed by atoms with Gasteiger partial charge >= 0.3 is 5.97 Å². The van der Waals surface area contributed by atoms with Gasteiger partial charge < -0.3 is 9.84 Å². The lowest BCUT2D eigenvalue weighted by atomic mass is 10.2. The monoisotopic (exact) mass is 351 g/mol. The highest BCUT2D eigenvalue weighted by Crippen LogP contribution is 2.25. The molecule has 0 saturated heterocycles. The minimum absolute atomic E-state index is 0.0310. The molecule has 0 amide bonds. The standard InChI is InChI=1S/C14H10BrNO5/c15-12-7-10(16(19)20)6-5-9(12)8-21-13-4-2-1-3-11(13)14(17)18/h1-7H,8H2,(H,17,18). The van der Waals surface area contributed by atoms with Crippen molar-refractivity contribution in [3.05, 3.63) is 68.2 Å². The zero-order valence-corrected chi connectivity index (χ0v) is 12.2. The number of rotatable bonds is 5. The molecule has 0 aliphatic rings. The molecular weight excluding hydrogens is 342 g/mol. The number of hydrogen-bond acceptors (Lipinski definition) is 4. The summed E-state index contributed by atoms with van der Waals surface area (Å²) in [6, 6.07) is 10.6. The number of non-ortho nitro benzene ring substituents is 1. The first-order valence-corrected chi connectivity index (χ1v) is 6.66. The molecule has 0 aliphatic carbocycles. The van der Waals surface area contributed by atoms with E-state index in [1.807, 2.05) is 0 Å². The highest BCUT2D eigenvalue weighted by molar-refractivity contribution is 9.10. The van der Waals surface area contributed by atoms with Crippen LogP contribution in [-0.2, 0) is 6.61 Å². The number of aromatic carboxylic acids is 1. The summed E-state index contributed by atoms with van der Waals surface area (Å²) in [4.78, 5) is 21.2. The quantitative estimate of drug-likeness (QED) is 0.656. The van der Waals surface area contributed by atoms with Crippen LogP contribution in [0.5, 0.6) is 5.75 Å². The lowest BCUT2D eigenvalue weighted by molar-refractivity contribution is -0.384. The van der Waals surface area contributed by atoms with Gasteiger partial charge in [0.05, 0.1) is 4.92 Å². The normalized spacial score (nSPS) is 10.1. The number of para-hydroxylation sites is 1. The van der Waals surface area contributed by atoms with E-state index in [1.165, 1.54) is 18.2 Å². The molecule has 21 heavy (non-hydrogen) atoms. The Labute approximate surface area is 128 Å². The topological polar surface area (TPSA) is 89.7 Å². The fourth-order valence-corrected chi connectivity index (χ4v) is 2.17. The second-order valence-corrected chi connectivity index (χ2v) is 4.98. The van der Waals surface area contributed by atoms with E-state index in [0.717, 1.165) is 0 Å². The van der Waals surface area contributed by atoms with Crippen molar-refractivity contribution < 1.29 is 19.6 Å². The van der Waals surface area contributed by atoms with Crippen LogP contribution in [-0.4, -0.2) is 16.0 Å². The van der Waals surface area contributed by atoms with Gasteiger partial charge in [0.15, 0.2) is 0 Å². The summed E-state index contributed by atoms with van der Waals surface area (Å²) < 4.78 is 6.02. The molecule has 0 heterocycles. The molecule has 7 heteroatoms. The molecule has 0 radical (unpaired) electrons. The maximum absolute atomic E-state index is 11.1. The highest BCUT2D eigenvalue weighted by Gasteiger charge is 2.12. The van der Waals surface area contributed by atoms with Gasteiger partial charge in [0, 0.05) is 22.2 Å². The molecule has 2 rings (SSSR count). The van der Waals surface area contributed by atoms with Gasteiger partial charge in [0.25, 0.3) is 5.69 Å². The third-order valence-electron chi connectivity index (χ3n) is 2.75. The molecule has 0 spiro atoms. The number of hydrogen-bond donors (Lipinski definition) is 1. The summed E-state index contributed by atoms with van der Waals surface area (Å²) in [5.41, 5.74) is 0.716. The van der Waals surface area contributed by atoms with Crippen LogP contribution in [0.2, 0.25) is 0 Å². The van der Waals surface area contributed by atoms with Crippen LogP contribution in [0.25, 0.3) is 0 Å². The van der Waals surface area contributed by atoms with Gasteiger partial charge in [-0.05, 0) is 18.2 Å². The number of halogens is 1. The Morgan fingerprint density at radius 2 is 2.00 bits per heavy atom. The summed E-state index contributed by atoms with van der Waals surface area (Å²) in [6.45, 7) is 0.100. The molecule has 0 unspecified atom stereocenters. The average molecular weight is 352 g/mol. The molecule has 2 aromatic rings. The van der Waals surface area contributed by atoms with Crippen molar-refractivity contribution in [1.29, 1.82) is 0 Å². The molecule has 0 aromatic heterocycles. The minimum Gasteiger partial charge on any atom is -0.488 e. The maximum Gasteiger partial charge on any atom is 0.339 e. The van der Waals surface area contributed by atoms with Gasteiger partial charge in [-0.1, -0.05) is 28.1 Å². The Kier molecular flexibility index (Phi) is 4.54. The van der Waals surface area contributed by atoms with E-state index in [0.29, 0.717) is 10.0 Å². The summed E-state index contributed by atoms with van der Waals surface area (Å²) in [5, 5.41) is 19.7. The van der Waals surface area contributed by atoms with Crippen LogP contribution in [0.1, 0.15) is 15.9 Å². The molecule has 0 saturated carbocycles. The van der Waals surface area contributed by atoms with Crippen molar-refractivity contribution in [3.63, 3.8) is 0 Å². The van der Waals surface area contributed by atoms with Crippen molar-refractivity contribution in [2.45, 2.75) is 6.61 Å². The number of benzene rings is 2. The summed E-state index contributed by atoms with van der Waals surface area (Å²) >= 11 is 3.24. The molecule has 6 nitrogen and oxygen atoms in total. The number of carboxylic acid groups (broad SMARTS) is 1. The average Bonchev–Trinajstić information content (AvgIpc) is 2.46. The van der Waals surface area contributed by atoms with E-state index in [-0.39, 0.29) is 23.6 Å². The Hall–Kier alpha value is -2.41. The SMILES string of the molecule is O=C(O)c1ccccc1OCc1ccc([N+](=O)[O-])cc1Br. The number of nitrogens with zero attached hydrogens (tertiary/aromatic N) is 1. The molecule has 1 N–H and O–H groups in total. The van der Waals surface area contributed by atoms with E-state index < -0.39 is 10.9 Å².